The molecule has 1 fully saturated rings. The number of ether oxygens (including phenoxy) is 2. The number of aliphatic imine (C=N–C) groups is 1. The zero-order valence-electron chi connectivity index (χ0n) is 11.0. The highest BCUT2D eigenvalue weighted by Gasteiger charge is 2.32. The first-order valence-corrected chi connectivity index (χ1v) is 6.25. The van der Waals surface area contributed by atoms with Crippen molar-refractivity contribution in [2.45, 2.75) is 32.3 Å². The van der Waals surface area contributed by atoms with Crippen LogP contribution < -0.4 is 5.56 Å². The lowest BCUT2D eigenvalue weighted by Crippen LogP contribution is -2.20. The first-order valence-electron chi connectivity index (χ1n) is 6.25. The molecule has 0 radical (unpaired) electrons. The molecule has 0 amide bonds. The van der Waals surface area contributed by atoms with Crippen LogP contribution in [0.4, 0.5) is 5.95 Å². The Bertz CT molecular complexity index is 728. The van der Waals surface area contributed by atoms with Gasteiger partial charge >= 0.3 is 0 Å². The minimum Gasteiger partial charge on any atom is -0.364 e. The number of imidazole rings is 1. The van der Waals surface area contributed by atoms with Gasteiger partial charge in [0.25, 0.3) is 5.56 Å². The lowest BCUT2D eigenvalue weighted by Gasteiger charge is -2.01. The minimum absolute atomic E-state index is 0.0470. The summed E-state index contributed by atoms with van der Waals surface area (Å²) < 4.78 is 11.4. The molecule has 3 rings (SSSR count). The standard InChI is InChI=1S/C11H13N5O5/c1-2-16-4-13-6-7(16)14-11(15-8(6)17)12-3-5-20-9(18)10(19)21-5/h3-5,9-10,18-19H,2H2,1H3,(H,14,15,17)/b12-3+. The zero-order valence-corrected chi connectivity index (χ0v) is 11.0. The Kier molecular flexibility index (Phi) is 3.51. The van der Waals surface area contributed by atoms with Crippen LogP contribution >= 0.6 is 0 Å². The van der Waals surface area contributed by atoms with E-state index in [1.54, 1.807) is 4.57 Å². The number of aromatic amines is 1. The van der Waals surface area contributed by atoms with Crippen molar-refractivity contribution >= 4 is 23.3 Å². The fourth-order valence-corrected chi connectivity index (χ4v) is 1.88. The van der Waals surface area contributed by atoms with E-state index in [9.17, 15) is 4.79 Å². The van der Waals surface area contributed by atoms with E-state index in [0.29, 0.717) is 12.2 Å². The molecule has 3 heterocycles. The van der Waals surface area contributed by atoms with Gasteiger partial charge in [0, 0.05) is 6.54 Å². The first-order chi connectivity index (χ1) is 10.1. The third kappa shape index (κ3) is 2.56. The minimum atomic E-state index is -1.43. The van der Waals surface area contributed by atoms with Crippen LogP contribution in [0.15, 0.2) is 16.1 Å². The van der Waals surface area contributed by atoms with Gasteiger partial charge in [-0.25, -0.2) is 9.98 Å². The van der Waals surface area contributed by atoms with Crippen molar-refractivity contribution in [1.29, 1.82) is 0 Å². The van der Waals surface area contributed by atoms with E-state index in [-0.39, 0.29) is 11.5 Å². The van der Waals surface area contributed by atoms with Crippen molar-refractivity contribution in [3.63, 3.8) is 0 Å². The number of fused-ring (bicyclic) bond motifs is 1. The lowest BCUT2D eigenvalue weighted by molar-refractivity contribution is -0.133. The second kappa shape index (κ2) is 5.33. The molecule has 1 saturated heterocycles. The van der Waals surface area contributed by atoms with Gasteiger partial charge in [0.15, 0.2) is 11.2 Å². The van der Waals surface area contributed by atoms with E-state index in [2.05, 4.69) is 19.9 Å². The largest absolute Gasteiger partial charge is 0.364 e. The average molecular weight is 295 g/mol. The molecule has 1 aliphatic rings. The number of aromatic nitrogens is 4. The van der Waals surface area contributed by atoms with Crippen LogP contribution in [-0.2, 0) is 16.0 Å². The summed E-state index contributed by atoms with van der Waals surface area (Å²) in [6.07, 6.45) is -1.19. The molecule has 0 saturated carbocycles. The maximum Gasteiger partial charge on any atom is 0.280 e. The van der Waals surface area contributed by atoms with Crippen LogP contribution in [0.1, 0.15) is 6.92 Å². The van der Waals surface area contributed by atoms with Gasteiger partial charge in [0.2, 0.25) is 24.8 Å². The van der Waals surface area contributed by atoms with Crippen molar-refractivity contribution in [3.05, 3.63) is 16.7 Å². The second-order valence-electron chi connectivity index (χ2n) is 4.29. The molecule has 0 aromatic carbocycles. The Morgan fingerprint density at radius 1 is 1.48 bits per heavy atom. The molecule has 10 nitrogen and oxygen atoms in total. The third-order valence-corrected chi connectivity index (χ3v) is 2.91. The van der Waals surface area contributed by atoms with Crippen LogP contribution in [-0.4, -0.2) is 54.8 Å². The van der Waals surface area contributed by atoms with Crippen LogP contribution in [0, 0.1) is 0 Å². The Morgan fingerprint density at radius 3 is 2.86 bits per heavy atom. The fourth-order valence-electron chi connectivity index (χ4n) is 1.88. The predicted octanol–water partition coefficient (Wildman–Crippen LogP) is -1.15. The maximum atomic E-state index is 11.8. The Balaban J connectivity index is 1.89. The topological polar surface area (TPSA) is 135 Å². The molecule has 21 heavy (non-hydrogen) atoms. The molecule has 0 spiro atoms. The smallest absolute Gasteiger partial charge is 0.280 e. The zero-order chi connectivity index (χ0) is 15.0. The van der Waals surface area contributed by atoms with E-state index in [4.69, 9.17) is 19.7 Å². The Morgan fingerprint density at radius 2 is 2.19 bits per heavy atom. The Labute approximate surface area is 117 Å². The van der Waals surface area contributed by atoms with Crippen molar-refractivity contribution < 1.29 is 19.7 Å². The molecule has 2 atom stereocenters. The Hall–Kier alpha value is -2.14. The summed E-state index contributed by atoms with van der Waals surface area (Å²) in [4.78, 5) is 26.4. The predicted molar refractivity (Wildman–Crippen MR) is 69.9 cm³/mol. The summed E-state index contributed by atoms with van der Waals surface area (Å²) in [5.74, 6) is 0.0470. The number of nitrogens with one attached hydrogen (secondary N) is 1. The summed E-state index contributed by atoms with van der Waals surface area (Å²) in [6.45, 7) is 2.51. The fraction of sp³-hybridized carbons (Fsp3) is 0.455. The summed E-state index contributed by atoms with van der Waals surface area (Å²) >= 11 is 0. The summed E-state index contributed by atoms with van der Waals surface area (Å²) in [5.41, 5.74) is 0.240. The number of hydrogen-bond donors (Lipinski definition) is 3. The van der Waals surface area contributed by atoms with Gasteiger partial charge in [-0.3, -0.25) is 9.78 Å². The van der Waals surface area contributed by atoms with E-state index in [1.165, 1.54) is 12.5 Å². The van der Waals surface area contributed by atoms with Gasteiger partial charge in [0.1, 0.15) is 0 Å². The molecule has 2 unspecified atom stereocenters. The van der Waals surface area contributed by atoms with Gasteiger partial charge < -0.3 is 24.3 Å². The molecule has 3 N–H and O–H groups in total. The monoisotopic (exact) mass is 295 g/mol. The number of aryl methyl sites for hydroxylation is 1. The molecule has 112 valence electrons. The van der Waals surface area contributed by atoms with Gasteiger partial charge in [-0.15, -0.1) is 0 Å². The SMILES string of the molecule is CCn1cnc2c(=O)[nH]c(/N=C/C3OC(O)C(O)O3)nc21. The van der Waals surface area contributed by atoms with Crippen molar-refractivity contribution in [1.82, 2.24) is 19.5 Å². The van der Waals surface area contributed by atoms with E-state index >= 15 is 0 Å². The van der Waals surface area contributed by atoms with Crippen LogP contribution in [0.25, 0.3) is 11.2 Å². The second-order valence-corrected chi connectivity index (χ2v) is 4.29. The summed E-state index contributed by atoms with van der Waals surface area (Å²) in [7, 11) is 0. The number of aliphatic hydroxyl groups excluding tert-OH is 2. The van der Waals surface area contributed by atoms with Crippen LogP contribution in [0.2, 0.25) is 0 Å². The maximum absolute atomic E-state index is 11.8. The summed E-state index contributed by atoms with van der Waals surface area (Å²) in [6, 6.07) is 0. The highest BCUT2D eigenvalue weighted by Crippen LogP contribution is 2.15. The normalized spacial score (nSPS) is 26.1. The number of nitrogens with zero attached hydrogens (tertiary/aromatic N) is 4. The first kappa shape index (κ1) is 13.8. The number of H-pyrrole nitrogens is 1. The highest BCUT2D eigenvalue weighted by atomic mass is 16.8. The molecular weight excluding hydrogens is 282 g/mol. The van der Waals surface area contributed by atoms with Gasteiger partial charge in [-0.2, -0.15) is 4.98 Å². The summed E-state index contributed by atoms with van der Waals surface area (Å²) in [5, 5.41) is 18.3. The van der Waals surface area contributed by atoms with Gasteiger partial charge in [0.05, 0.1) is 12.5 Å². The van der Waals surface area contributed by atoms with Gasteiger partial charge in [-0.1, -0.05) is 0 Å². The van der Waals surface area contributed by atoms with Crippen LogP contribution in [0.5, 0.6) is 0 Å². The highest BCUT2D eigenvalue weighted by molar-refractivity contribution is 5.71. The number of hydrogen-bond acceptors (Lipinski definition) is 8. The van der Waals surface area contributed by atoms with Crippen LogP contribution in [0.3, 0.4) is 0 Å². The van der Waals surface area contributed by atoms with Gasteiger partial charge in [-0.05, 0) is 6.92 Å². The van der Waals surface area contributed by atoms with E-state index in [0.717, 1.165) is 0 Å². The quantitative estimate of drug-likeness (QED) is 0.608. The average Bonchev–Trinajstić information content (AvgIpc) is 3.01. The van der Waals surface area contributed by atoms with Crippen molar-refractivity contribution in [2.75, 3.05) is 0 Å². The molecule has 10 heteroatoms. The molecule has 0 bridgehead atoms. The van der Waals surface area contributed by atoms with Crippen molar-refractivity contribution in [2.24, 2.45) is 4.99 Å². The molecule has 1 aliphatic heterocycles. The lowest BCUT2D eigenvalue weighted by atomic mass is 10.5. The molecular formula is C11H13N5O5. The molecule has 0 aliphatic carbocycles. The number of aliphatic hydroxyl groups is 2. The third-order valence-electron chi connectivity index (χ3n) is 2.91. The molecule has 2 aromatic heterocycles. The van der Waals surface area contributed by atoms with E-state index in [1.807, 2.05) is 6.92 Å². The number of rotatable bonds is 3. The van der Waals surface area contributed by atoms with E-state index < -0.39 is 24.4 Å². The molecule has 2 aromatic rings. The van der Waals surface area contributed by atoms with Crippen molar-refractivity contribution in [3.8, 4) is 0 Å².